The van der Waals surface area contributed by atoms with Gasteiger partial charge in [-0.1, -0.05) is 15.9 Å². The predicted octanol–water partition coefficient (Wildman–Crippen LogP) is 3.29. The number of carbonyl (C=O) groups is 1. The lowest BCUT2D eigenvalue weighted by Crippen LogP contribution is -2.28. The summed E-state index contributed by atoms with van der Waals surface area (Å²) >= 11 is 5.61. The lowest BCUT2D eigenvalue weighted by molar-refractivity contribution is 0.0791. The van der Waals surface area contributed by atoms with Gasteiger partial charge in [-0.3, -0.25) is 4.79 Å². The Morgan fingerprint density at radius 2 is 2.00 bits per heavy atom. The largest absolute Gasteiger partial charge is 0.339 e. The first-order valence-corrected chi connectivity index (χ1v) is 6.80. The molecule has 1 aliphatic rings. The molecule has 0 saturated carbocycles. The van der Waals surface area contributed by atoms with Crippen LogP contribution in [0.3, 0.4) is 0 Å². The third kappa shape index (κ3) is 2.53. The van der Waals surface area contributed by atoms with E-state index in [1.165, 1.54) is 0 Å². The van der Waals surface area contributed by atoms with E-state index in [9.17, 15) is 4.79 Å². The topological polar surface area (TPSA) is 20.3 Å². The molecule has 80 valence electrons. The van der Waals surface area contributed by atoms with E-state index in [4.69, 9.17) is 0 Å². The summed E-state index contributed by atoms with van der Waals surface area (Å²) in [7, 11) is 0. The summed E-state index contributed by atoms with van der Waals surface area (Å²) in [4.78, 5) is 14.1. The molecule has 0 bridgehead atoms. The molecular formula is C11H11BrINO. The molecule has 0 aliphatic carbocycles. The Morgan fingerprint density at radius 3 is 2.67 bits per heavy atom. The summed E-state index contributed by atoms with van der Waals surface area (Å²) in [6.07, 6.45) is 2.27. The van der Waals surface area contributed by atoms with E-state index in [1.807, 2.05) is 23.1 Å². The van der Waals surface area contributed by atoms with Gasteiger partial charge in [0.05, 0.1) is 5.56 Å². The van der Waals surface area contributed by atoms with Crippen molar-refractivity contribution < 1.29 is 4.79 Å². The van der Waals surface area contributed by atoms with Crippen molar-refractivity contribution in [1.82, 2.24) is 4.90 Å². The predicted molar refractivity (Wildman–Crippen MR) is 72.0 cm³/mol. The molecule has 1 saturated heterocycles. The van der Waals surface area contributed by atoms with Crippen LogP contribution in [0, 0.1) is 3.57 Å². The molecule has 2 nitrogen and oxygen atoms in total. The highest BCUT2D eigenvalue weighted by Crippen LogP contribution is 2.21. The van der Waals surface area contributed by atoms with Gasteiger partial charge in [0.2, 0.25) is 0 Å². The summed E-state index contributed by atoms with van der Waals surface area (Å²) < 4.78 is 1.98. The number of nitrogens with zero attached hydrogens (tertiary/aromatic N) is 1. The van der Waals surface area contributed by atoms with E-state index in [0.717, 1.165) is 39.5 Å². The number of carbonyl (C=O) groups excluding carboxylic acids is 1. The lowest BCUT2D eigenvalue weighted by Gasteiger charge is -2.16. The van der Waals surface area contributed by atoms with E-state index in [0.29, 0.717) is 0 Å². The molecule has 1 aromatic carbocycles. The van der Waals surface area contributed by atoms with Crippen LogP contribution in [0.1, 0.15) is 23.2 Å². The maximum Gasteiger partial charge on any atom is 0.254 e. The van der Waals surface area contributed by atoms with Crippen molar-refractivity contribution in [1.29, 1.82) is 0 Å². The minimum atomic E-state index is 0.165. The third-order valence-corrected chi connectivity index (χ3v) is 3.99. The van der Waals surface area contributed by atoms with Crippen LogP contribution < -0.4 is 0 Å². The molecule has 1 aromatic rings. The lowest BCUT2D eigenvalue weighted by atomic mass is 10.2. The molecule has 0 atom stereocenters. The second kappa shape index (κ2) is 4.82. The number of halogens is 2. The molecular weight excluding hydrogens is 369 g/mol. The van der Waals surface area contributed by atoms with Crippen LogP contribution in [-0.4, -0.2) is 23.9 Å². The number of rotatable bonds is 1. The summed E-state index contributed by atoms with van der Waals surface area (Å²) in [5.41, 5.74) is 0.812. The van der Waals surface area contributed by atoms with Gasteiger partial charge in [-0.15, -0.1) is 0 Å². The van der Waals surface area contributed by atoms with Crippen molar-refractivity contribution in [2.75, 3.05) is 13.1 Å². The smallest absolute Gasteiger partial charge is 0.254 e. The molecule has 1 amide bonds. The molecule has 2 rings (SSSR count). The van der Waals surface area contributed by atoms with E-state index in [-0.39, 0.29) is 5.91 Å². The van der Waals surface area contributed by atoms with Crippen molar-refractivity contribution in [2.45, 2.75) is 12.8 Å². The van der Waals surface area contributed by atoms with E-state index < -0.39 is 0 Å². The zero-order valence-electron chi connectivity index (χ0n) is 8.17. The summed E-state index contributed by atoms with van der Waals surface area (Å²) in [5, 5.41) is 0. The first kappa shape index (κ1) is 11.4. The third-order valence-electron chi connectivity index (χ3n) is 2.55. The molecule has 1 heterocycles. The van der Waals surface area contributed by atoms with Gasteiger partial charge in [-0.2, -0.15) is 0 Å². The van der Waals surface area contributed by atoms with Crippen molar-refractivity contribution in [2.24, 2.45) is 0 Å². The van der Waals surface area contributed by atoms with Gasteiger partial charge in [-0.25, -0.2) is 0 Å². The number of amides is 1. The van der Waals surface area contributed by atoms with Crippen LogP contribution in [-0.2, 0) is 0 Å². The fourth-order valence-corrected chi connectivity index (χ4v) is 2.68. The Kier molecular flexibility index (Phi) is 3.66. The Bertz CT molecular complexity index is 388. The number of hydrogen-bond acceptors (Lipinski definition) is 1. The normalized spacial score (nSPS) is 15.7. The zero-order valence-corrected chi connectivity index (χ0v) is 11.9. The van der Waals surface area contributed by atoms with Gasteiger partial charge in [0.25, 0.3) is 5.91 Å². The van der Waals surface area contributed by atoms with Gasteiger partial charge in [0, 0.05) is 21.1 Å². The summed E-state index contributed by atoms with van der Waals surface area (Å²) in [6, 6.07) is 5.83. The van der Waals surface area contributed by atoms with Crippen LogP contribution in [0.15, 0.2) is 22.7 Å². The Labute approximate surface area is 111 Å². The van der Waals surface area contributed by atoms with Gasteiger partial charge in [0.1, 0.15) is 0 Å². The van der Waals surface area contributed by atoms with Gasteiger partial charge in [-0.05, 0) is 53.6 Å². The van der Waals surface area contributed by atoms with Crippen molar-refractivity contribution in [3.8, 4) is 0 Å². The van der Waals surface area contributed by atoms with Crippen molar-refractivity contribution in [3.05, 3.63) is 31.8 Å². The Balaban J connectivity index is 2.27. The van der Waals surface area contributed by atoms with Gasteiger partial charge in [0.15, 0.2) is 0 Å². The second-order valence-corrected chi connectivity index (χ2v) is 5.70. The fourth-order valence-electron chi connectivity index (χ4n) is 1.75. The molecule has 0 aromatic heterocycles. The summed E-state index contributed by atoms with van der Waals surface area (Å²) in [5.74, 6) is 0.165. The molecule has 0 unspecified atom stereocenters. The average molecular weight is 380 g/mol. The summed E-state index contributed by atoms with van der Waals surface area (Å²) in [6.45, 7) is 1.81. The molecule has 1 aliphatic heterocycles. The Morgan fingerprint density at radius 1 is 1.33 bits per heavy atom. The number of likely N-dealkylation sites (tertiary alicyclic amines) is 1. The average Bonchev–Trinajstić information content (AvgIpc) is 2.74. The van der Waals surface area contributed by atoms with Crippen LogP contribution in [0.4, 0.5) is 0 Å². The van der Waals surface area contributed by atoms with Gasteiger partial charge < -0.3 is 4.90 Å². The van der Waals surface area contributed by atoms with Gasteiger partial charge >= 0.3 is 0 Å². The SMILES string of the molecule is O=C(c1cc(Br)ccc1I)N1CCCC1. The highest BCUT2D eigenvalue weighted by atomic mass is 127. The Hall–Kier alpha value is -0.100. The van der Waals surface area contributed by atoms with Crippen LogP contribution in [0.5, 0.6) is 0 Å². The highest BCUT2D eigenvalue weighted by molar-refractivity contribution is 14.1. The maximum absolute atomic E-state index is 12.1. The minimum absolute atomic E-state index is 0.165. The zero-order chi connectivity index (χ0) is 10.8. The number of hydrogen-bond donors (Lipinski definition) is 0. The van der Waals surface area contributed by atoms with Crippen molar-refractivity contribution >= 4 is 44.4 Å². The molecule has 4 heteroatoms. The van der Waals surface area contributed by atoms with Crippen LogP contribution in [0.2, 0.25) is 0 Å². The first-order valence-electron chi connectivity index (χ1n) is 4.93. The first-order chi connectivity index (χ1) is 7.18. The molecule has 1 fully saturated rings. The fraction of sp³-hybridized carbons (Fsp3) is 0.364. The molecule has 15 heavy (non-hydrogen) atoms. The highest BCUT2D eigenvalue weighted by Gasteiger charge is 2.21. The molecule has 0 N–H and O–H groups in total. The standard InChI is InChI=1S/C11H11BrINO/c12-8-3-4-10(13)9(7-8)11(15)14-5-1-2-6-14/h3-4,7H,1-2,5-6H2. The van der Waals surface area contributed by atoms with E-state index >= 15 is 0 Å². The monoisotopic (exact) mass is 379 g/mol. The van der Waals surface area contributed by atoms with Crippen LogP contribution in [0.25, 0.3) is 0 Å². The second-order valence-electron chi connectivity index (χ2n) is 3.62. The van der Waals surface area contributed by atoms with E-state index in [1.54, 1.807) is 0 Å². The molecule has 0 spiro atoms. The van der Waals surface area contributed by atoms with Crippen molar-refractivity contribution in [3.63, 3.8) is 0 Å². The van der Waals surface area contributed by atoms with Crippen LogP contribution >= 0.6 is 38.5 Å². The minimum Gasteiger partial charge on any atom is -0.339 e. The maximum atomic E-state index is 12.1. The van der Waals surface area contributed by atoms with E-state index in [2.05, 4.69) is 38.5 Å². The molecule has 0 radical (unpaired) electrons. The number of benzene rings is 1. The quantitative estimate of drug-likeness (QED) is 0.685.